The third kappa shape index (κ3) is 4.37. The Hall–Kier alpha value is -1.55. The fourth-order valence-electron chi connectivity index (χ4n) is 1.48. The molecule has 4 heteroatoms. The highest BCUT2D eigenvalue weighted by molar-refractivity contribution is 5.91. The Kier molecular flexibility index (Phi) is 4.73. The summed E-state index contributed by atoms with van der Waals surface area (Å²) in [6, 6.07) is 5.34. The van der Waals surface area contributed by atoms with Crippen molar-refractivity contribution >= 4 is 5.97 Å². The summed E-state index contributed by atoms with van der Waals surface area (Å²) in [5, 5.41) is 0. The lowest BCUT2D eigenvalue weighted by atomic mass is 10.1. The SMILES string of the molecule is COc1ccc(C(=O)OCC[N+](C)(C)C)c(C)c1. The van der Waals surface area contributed by atoms with Crippen molar-refractivity contribution in [3.8, 4) is 5.75 Å². The van der Waals surface area contributed by atoms with Gasteiger partial charge in [-0.3, -0.25) is 0 Å². The van der Waals surface area contributed by atoms with E-state index in [4.69, 9.17) is 9.47 Å². The van der Waals surface area contributed by atoms with Crippen LogP contribution in [0.1, 0.15) is 15.9 Å². The Labute approximate surface area is 109 Å². The summed E-state index contributed by atoms with van der Waals surface area (Å²) in [6.07, 6.45) is 0. The van der Waals surface area contributed by atoms with E-state index >= 15 is 0 Å². The average Bonchev–Trinajstić information content (AvgIpc) is 2.26. The van der Waals surface area contributed by atoms with Gasteiger partial charge in [-0.1, -0.05) is 0 Å². The number of carbonyl (C=O) groups is 1. The minimum Gasteiger partial charge on any atom is -0.497 e. The largest absolute Gasteiger partial charge is 0.497 e. The van der Waals surface area contributed by atoms with Crippen molar-refractivity contribution in [2.75, 3.05) is 41.4 Å². The number of hydrogen-bond acceptors (Lipinski definition) is 3. The monoisotopic (exact) mass is 252 g/mol. The second-order valence-corrected chi connectivity index (χ2v) is 5.33. The summed E-state index contributed by atoms with van der Waals surface area (Å²) in [5.74, 6) is 0.471. The van der Waals surface area contributed by atoms with Gasteiger partial charge in [-0.15, -0.1) is 0 Å². The lowest BCUT2D eigenvalue weighted by Gasteiger charge is -2.23. The van der Waals surface area contributed by atoms with Crippen molar-refractivity contribution in [3.63, 3.8) is 0 Å². The normalized spacial score (nSPS) is 11.2. The summed E-state index contributed by atoms with van der Waals surface area (Å²) < 4.78 is 11.1. The Bertz CT molecular complexity index is 422. The van der Waals surface area contributed by atoms with E-state index in [1.807, 2.05) is 13.0 Å². The highest BCUT2D eigenvalue weighted by Crippen LogP contribution is 2.17. The maximum atomic E-state index is 11.9. The van der Waals surface area contributed by atoms with Crippen LogP contribution in [0.15, 0.2) is 18.2 Å². The number of aryl methyl sites for hydroxylation is 1. The Balaban J connectivity index is 2.62. The molecule has 1 aromatic carbocycles. The van der Waals surface area contributed by atoms with Crippen molar-refractivity contribution in [3.05, 3.63) is 29.3 Å². The van der Waals surface area contributed by atoms with Crippen molar-refractivity contribution < 1.29 is 18.8 Å². The Morgan fingerprint density at radius 1 is 1.28 bits per heavy atom. The molecule has 0 aliphatic carbocycles. The van der Waals surface area contributed by atoms with E-state index < -0.39 is 0 Å². The van der Waals surface area contributed by atoms with Crippen molar-refractivity contribution in [1.82, 2.24) is 0 Å². The smallest absolute Gasteiger partial charge is 0.338 e. The number of nitrogens with zero attached hydrogens (tertiary/aromatic N) is 1. The lowest BCUT2D eigenvalue weighted by Crippen LogP contribution is -2.38. The molecule has 1 aromatic rings. The predicted molar refractivity (Wildman–Crippen MR) is 70.9 cm³/mol. The van der Waals surface area contributed by atoms with Crippen molar-refractivity contribution in [1.29, 1.82) is 0 Å². The van der Waals surface area contributed by atoms with E-state index in [1.54, 1.807) is 19.2 Å². The molecule has 0 N–H and O–H groups in total. The maximum Gasteiger partial charge on any atom is 0.338 e. The number of benzene rings is 1. The molecule has 0 atom stereocenters. The predicted octanol–water partition coefficient (Wildman–Crippen LogP) is 1.87. The second kappa shape index (κ2) is 5.87. The molecule has 0 bridgehead atoms. The van der Waals surface area contributed by atoms with E-state index in [2.05, 4.69) is 21.1 Å². The first-order chi connectivity index (χ1) is 8.33. The van der Waals surface area contributed by atoms with Crippen LogP contribution < -0.4 is 4.74 Å². The van der Waals surface area contributed by atoms with Gasteiger partial charge in [-0.25, -0.2) is 4.79 Å². The molecule has 0 saturated heterocycles. The number of carbonyl (C=O) groups excluding carboxylic acids is 1. The van der Waals surface area contributed by atoms with Gasteiger partial charge in [0, 0.05) is 0 Å². The minimum absolute atomic E-state index is 0.274. The van der Waals surface area contributed by atoms with Gasteiger partial charge in [0.15, 0.2) is 0 Å². The molecule has 0 aliphatic rings. The Morgan fingerprint density at radius 2 is 1.94 bits per heavy atom. The molecule has 0 heterocycles. The van der Waals surface area contributed by atoms with Crippen LogP contribution in [0.3, 0.4) is 0 Å². The van der Waals surface area contributed by atoms with Gasteiger partial charge in [0.2, 0.25) is 0 Å². The van der Waals surface area contributed by atoms with Crippen LogP contribution in [-0.4, -0.2) is 51.9 Å². The van der Waals surface area contributed by atoms with Crippen LogP contribution >= 0.6 is 0 Å². The summed E-state index contributed by atoms with van der Waals surface area (Å²) in [7, 11) is 7.79. The first kappa shape index (κ1) is 14.5. The second-order valence-electron chi connectivity index (χ2n) is 5.33. The van der Waals surface area contributed by atoms with Gasteiger partial charge in [-0.05, 0) is 30.7 Å². The van der Waals surface area contributed by atoms with E-state index in [-0.39, 0.29) is 5.97 Å². The first-order valence-corrected chi connectivity index (χ1v) is 5.96. The van der Waals surface area contributed by atoms with Crippen LogP contribution in [0.5, 0.6) is 5.75 Å². The third-order valence-corrected chi connectivity index (χ3v) is 2.65. The van der Waals surface area contributed by atoms with Crippen LogP contribution in [-0.2, 0) is 4.74 Å². The number of rotatable bonds is 5. The fourth-order valence-corrected chi connectivity index (χ4v) is 1.48. The average molecular weight is 252 g/mol. The standard InChI is InChI=1S/C14H22NO3/c1-11-10-12(17-5)6-7-13(11)14(16)18-9-8-15(2,3)4/h6-7,10H,8-9H2,1-5H3/q+1. The minimum atomic E-state index is -0.274. The number of esters is 1. The molecular formula is C14H22NO3+. The van der Waals surface area contributed by atoms with Crippen LogP contribution in [0.25, 0.3) is 0 Å². The summed E-state index contributed by atoms with van der Waals surface area (Å²) in [4.78, 5) is 11.9. The van der Waals surface area contributed by atoms with Gasteiger partial charge < -0.3 is 14.0 Å². The highest BCUT2D eigenvalue weighted by atomic mass is 16.5. The van der Waals surface area contributed by atoms with E-state index in [0.29, 0.717) is 12.2 Å². The number of hydrogen-bond donors (Lipinski definition) is 0. The van der Waals surface area contributed by atoms with Gasteiger partial charge in [-0.2, -0.15) is 0 Å². The Morgan fingerprint density at radius 3 is 2.44 bits per heavy atom. The zero-order valence-corrected chi connectivity index (χ0v) is 11.8. The molecule has 0 unspecified atom stereocenters. The fraction of sp³-hybridized carbons (Fsp3) is 0.500. The van der Waals surface area contributed by atoms with Gasteiger partial charge >= 0.3 is 5.97 Å². The van der Waals surface area contributed by atoms with Gasteiger partial charge in [0.05, 0.1) is 33.8 Å². The summed E-state index contributed by atoms with van der Waals surface area (Å²) in [6.45, 7) is 3.09. The van der Waals surface area contributed by atoms with Crippen LogP contribution in [0, 0.1) is 6.92 Å². The van der Waals surface area contributed by atoms with Gasteiger partial charge in [0.1, 0.15) is 18.9 Å². The number of methoxy groups -OCH3 is 1. The summed E-state index contributed by atoms with van der Waals surface area (Å²) >= 11 is 0. The molecule has 0 aliphatic heterocycles. The van der Waals surface area contributed by atoms with E-state index in [1.165, 1.54) is 0 Å². The highest BCUT2D eigenvalue weighted by Gasteiger charge is 2.13. The zero-order chi connectivity index (χ0) is 13.8. The molecule has 4 nitrogen and oxygen atoms in total. The zero-order valence-electron chi connectivity index (χ0n) is 11.8. The van der Waals surface area contributed by atoms with Crippen molar-refractivity contribution in [2.24, 2.45) is 0 Å². The quantitative estimate of drug-likeness (QED) is 0.593. The molecular weight excluding hydrogens is 230 g/mol. The number of ether oxygens (including phenoxy) is 2. The molecule has 100 valence electrons. The van der Waals surface area contributed by atoms with Crippen LogP contribution in [0.2, 0.25) is 0 Å². The third-order valence-electron chi connectivity index (χ3n) is 2.65. The molecule has 0 radical (unpaired) electrons. The van der Waals surface area contributed by atoms with Crippen molar-refractivity contribution in [2.45, 2.75) is 6.92 Å². The van der Waals surface area contributed by atoms with Gasteiger partial charge in [0.25, 0.3) is 0 Å². The topological polar surface area (TPSA) is 35.5 Å². The number of likely N-dealkylation sites (N-methyl/N-ethyl adjacent to an activating group) is 1. The van der Waals surface area contributed by atoms with E-state index in [9.17, 15) is 4.79 Å². The summed E-state index contributed by atoms with van der Waals surface area (Å²) in [5.41, 5.74) is 1.46. The first-order valence-electron chi connectivity index (χ1n) is 5.96. The molecule has 18 heavy (non-hydrogen) atoms. The molecule has 0 spiro atoms. The molecule has 0 aromatic heterocycles. The molecule has 1 rings (SSSR count). The van der Waals surface area contributed by atoms with E-state index in [0.717, 1.165) is 22.3 Å². The lowest BCUT2D eigenvalue weighted by molar-refractivity contribution is -0.870. The number of quaternary nitrogens is 1. The molecule has 0 amide bonds. The molecule has 0 saturated carbocycles. The molecule has 0 fully saturated rings. The van der Waals surface area contributed by atoms with Crippen LogP contribution in [0.4, 0.5) is 0 Å². The maximum absolute atomic E-state index is 11.9.